The lowest BCUT2D eigenvalue weighted by Crippen LogP contribution is -2.24. The molecule has 2 aromatic carbocycles. The number of thioether (sulfide) groups is 1. The second-order valence-electron chi connectivity index (χ2n) is 6.74. The van der Waals surface area contributed by atoms with E-state index < -0.39 is 21.6 Å². The third-order valence-electron chi connectivity index (χ3n) is 4.68. The third-order valence-corrected chi connectivity index (χ3v) is 7.57. The van der Waals surface area contributed by atoms with Gasteiger partial charge in [-0.1, -0.05) is 36.4 Å². The lowest BCUT2D eigenvalue weighted by molar-refractivity contribution is -0.0454. The minimum atomic E-state index is -3.75. The highest BCUT2D eigenvalue weighted by atomic mass is 32.2. The molecule has 1 atom stereocenters. The molecule has 0 amide bonds. The summed E-state index contributed by atoms with van der Waals surface area (Å²) in [5.41, 5.74) is 0.334. The molecule has 1 saturated heterocycles. The van der Waals surface area contributed by atoms with E-state index in [-0.39, 0.29) is 10.7 Å². The van der Waals surface area contributed by atoms with Gasteiger partial charge >= 0.3 is 0 Å². The summed E-state index contributed by atoms with van der Waals surface area (Å²) in [6, 6.07) is 19.3. The van der Waals surface area contributed by atoms with Crippen molar-refractivity contribution >= 4 is 27.6 Å². The molecule has 1 aromatic heterocycles. The molecule has 1 aliphatic rings. The zero-order valence-corrected chi connectivity index (χ0v) is 17.7. The summed E-state index contributed by atoms with van der Waals surface area (Å²) < 4.78 is 37.8. The average molecular weight is 444 g/mol. The molecule has 4 rings (SSSR count). The fourth-order valence-corrected chi connectivity index (χ4v) is 5.52. The highest BCUT2D eigenvalue weighted by molar-refractivity contribution is 8.00. The number of nitrogens with zero attached hydrogens (tertiary/aromatic N) is 1. The number of hydrogen-bond donors (Lipinski definition) is 0. The molecule has 156 valence electrons. The third kappa shape index (κ3) is 4.67. The summed E-state index contributed by atoms with van der Waals surface area (Å²) in [6.07, 6.45) is 2.72. The Morgan fingerprint density at radius 1 is 1.00 bits per heavy atom. The Balaban J connectivity index is 1.58. The Bertz CT molecular complexity index is 1090. The van der Waals surface area contributed by atoms with Crippen molar-refractivity contribution in [3.05, 3.63) is 84.7 Å². The van der Waals surface area contributed by atoms with Crippen molar-refractivity contribution in [3.63, 3.8) is 0 Å². The van der Waals surface area contributed by atoms with E-state index in [1.807, 2.05) is 30.3 Å². The van der Waals surface area contributed by atoms with Gasteiger partial charge in [-0.05, 0) is 30.3 Å². The van der Waals surface area contributed by atoms with E-state index >= 15 is 0 Å². The number of hydrogen-bond acceptors (Lipinski definition) is 6. The van der Waals surface area contributed by atoms with Crippen molar-refractivity contribution in [2.45, 2.75) is 27.8 Å². The van der Waals surface area contributed by atoms with Crippen molar-refractivity contribution in [2.75, 3.05) is 13.2 Å². The number of benzene rings is 2. The maximum atomic E-state index is 13.3. The summed E-state index contributed by atoms with van der Waals surface area (Å²) in [6.45, 7) is 1.01. The molecule has 0 radical (unpaired) electrons. The standard InChI is InChI=1S/C22H21NO5S2/c24-22(17-11-12-23(16-17)30(25,26)19-9-5-2-6-10-19)20(15-21-27-13-14-28-21)29-18-7-3-1-4-8-18/h1-12,16,20-21H,13-15H2. The van der Waals surface area contributed by atoms with Crippen LogP contribution in [0.15, 0.2) is 88.9 Å². The van der Waals surface area contributed by atoms with Crippen LogP contribution < -0.4 is 0 Å². The molecule has 2 heterocycles. The predicted molar refractivity (Wildman–Crippen MR) is 114 cm³/mol. The normalized spacial score (nSPS) is 15.9. The van der Waals surface area contributed by atoms with Crippen LogP contribution in [-0.4, -0.2) is 42.9 Å². The topological polar surface area (TPSA) is 74.6 Å². The van der Waals surface area contributed by atoms with Crippen LogP contribution in [0, 0.1) is 0 Å². The Morgan fingerprint density at radius 2 is 1.63 bits per heavy atom. The zero-order valence-electron chi connectivity index (χ0n) is 16.1. The van der Waals surface area contributed by atoms with E-state index in [4.69, 9.17) is 9.47 Å². The molecular formula is C22H21NO5S2. The van der Waals surface area contributed by atoms with Crippen molar-refractivity contribution in [1.82, 2.24) is 3.97 Å². The van der Waals surface area contributed by atoms with E-state index in [2.05, 4.69) is 0 Å². The number of Topliss-reactive ketones (excluding diaryl/α,β-unsaturated/α-hetero) is 1. The van der Waals surface area contributed by atoms with Crippen LogP contribution >= 0.6 is 11.8 Å². The van der Waals surface area contributed by atoms with Crippen molar-refractivity contribution in [1.29, 1.82) is 0 Å². The fraction of sp³-hybridized carbons (Fsp3) is 0.227. The average Bonchev–Trinajstić information content (AvgIpc) is 3.47. The molecule has 0 spiro atoms. The molecule has 6 nitrogen and oxygen atoms in total. The highest BCUT2D eigenvalue weighted by Gasteiger charge is 2.29. The second-order valence-corrected chi connectivity index (χ2v) is 9.86. The van der Waals surface area contributed by atoms with Crippen LogP contribution in [0.2, 0.25) is 0 Å². The number of rotatable bonds is 8. The minimum absolute atomic E-state index is 0.162. The van der Waals surface area contributed by atoms with E-state index in [9.17, 15) is 13.2 Å². The quantitative estimate of drug-likeness (QED) is 0.389. The SMILES string of the molecule is O=C(c1ccn(S(=O)(=O)c2ccccc2)c1)C(CC1OCCO1)Sc1ccccc1. The van der Waals surface area contributed by atoms with Gasteiger partial charge in [0.2, 0.25) is 0 Å². The summed E-state index contributed by atoms with van der Waals surface area (Å²) >= 11 is 1.42. The Kier molecular flexibility index (Phi) is 6.38. The van der Waals surface area contributed by atoms with Crippen LogP contribution in [0.4, 0.5) is 0 Å². The highest BCUT2D eigenvalue weighted by Crippen LogP contribution is 2.31. The maximum absolute atomic E-state index is 13.3. The molecule has 30 heavy (non-hydrogen) atoms. The van der Waals surface area contributed by atoms with Gasteiger partial charge in [0, 0.05) is 29.3 Å². The van der Waals surface area contributed by atoms with E-state index in [0.717, 1.165) is 8.87 Å². The van der Waals surface area contributed by atoms with Gasteiger partial charge in [0.25, 0.3) is 10.0 Å². The maximum Gasteiger partial charge on any atom is 0.267 e. The van der Waals surface area contributed by atoms with Crippen LogP contribution in [0.1, 0.15) is 16.8 Å². The van der Waals surface area contributed by atoms with Gasteiger partial charge in [0.1, 0.15) is 0 Å². The number of carbonyl (C=O) groups excluding carboxylic acids is 1. The second kappa shape index (κ2) is 9.18. The fourth-order valence-electron chi connectivity index (χ4n) is 3.16. The van der Waals surface area contributed by atoms with Gasteiger partial charge in [-0.3, -0.25) is 4.79 Å². The first-order chi connectivity index (χ1) is 14.5. The summed E-state index contributed by atoms with van der Waals surface area (Å²) in [4.78, 5) is 14.4. The molecule has 0 N–H and O–H groups in total. The van der Waals surface area contributed by atoms with Crippen molar-refractivity contribution < 1.29 is 22.7 Å². The van der Waals surface area contributed by atoms with Gasteiger partial charge in [-0.25, -0.2) is 12.4 Å². The number of aromatic nitrogens is 1. The lowest BCUT2D eigenvalue weighted by atomic mass is 10.1. The Morgan fingerprint density at radius 3 is 2.30 bits per heavy atom. The largest absolute Gasteiger partial charge is 0.350 e. The van der Waals surface area contributed by atoms with E-state index in [0.29, 0.717) is 25.2 Å². The lowest BCUT2D eigenvalue weighted by Gasteiger charge is -2.18. The first-order valence-corrected chi connectivity index (χ1v) is 11.8. The van der Waals surface area contributed by atoms with Gasteiger partial charge in [0.15, 0.2) is 12.1 Å². The molecule has 0 bridgehead atoms. The van der Waals surface area contributed by atoms with Crippen LogP contribution in [0.5, 0.6) is 0 Å². The van der Waals surface area contributed by atoms with Crippen molar-refractivity contribution in [3.8, 4) is 0 Å². The first-order valence-electron chi connectivity index (χ1n) is 9.52. The van der Waals surface area contributed by atoms with Gasteiger partial charge in [0.05, 0.1) is 23.4 Å². The Hall–Kier alpha value is -2.39. The first kappa shape index (κ1) is 20.9. The summed E-state index contributed by atoms with van der Waals surface area (Å²) in [5, 5.41) is -0.467. The molecule has 3 aromatic rings. The zero-order chi connectivity index (χ0) is 21.0. The summed E-state index contributed by atoms with van der Waals surface area (Å²) in [7, 11) is -3.75. The molecule has 0 saturated carbocycles. The molecule has 1 unspecified atom stereocenters. The van der Waals surface area contributed by atoms with Gasteiger partial charge < -0.3 is 9.47 Å². The van der Waals surface area contributed by atoms with Crippen LogP contribution in [0.25, 0.3) is 0 Å². The van der Waals surface area contributed by atoms with E-state index in [1.165, 1.54) is 42.4 Å². The van der Waals surface area contributed by atoms with Crippen molar-refractivity contribution in [2.24, 2.45) is 0 Å². The number of ketones is 1. The minimum Gasteiger partial charge on any atom is -0.350 e. The van der Waals surface area contributed by atoms with Crippen LogP contribution in [0.3, 0.4) is 0 Å². The monoisotopic (exact) mass is 443 g/mol. The molecule has 1 aliphatic heterocycles. The number of carbonyl (C=O) groups is 1. The molecule has 0 aliphatic carbocycles. The Labute approximate surface area is 179 Å². The molecule has 8 heteroatoms. The van der Waals surface area contributed by atoms with E-state index in [1.54, 1.807) is 18.2 Å². The predicted octanol–water partition coefficient (Wildman–Crippen LogP) is 3.83. The molecule has 1 fully saturated rings. The number of ether oxygens (including phenoxy) is 2. The smallest absolute Gasteiger partial charge is 0.267 e. The van der Waals surface area contributed by atoms with Gasteiger partial charge in [-0.2, -0.15) is 0 Å². The summed E-state index contributed by atoms with van der Waals surface area (Å²) in [5.74, 6) is -0.162. The molecular weight excluding hydrogens is 422 g/mol. The van der Waals surface area contributed by atoms with Crippen LogP contribution in [-0.2, 0) is 19.5 Å². The van der Waals surface area contributed by atoms with Gasteiger partial charge in [-0.15, -0.1) is 11.8 Å².